The van der Waals surface area contributed by atoms with Crippen LogP contribution in [0.15, 0.2) is 53.5 Å². The molecule has 0 aromatic heterocycles. The van der Waals surface area contributed by atoms with E-state index in [1.54, 1.807) is 36.9 Å². The lowest BCUT2D eigenvalue weighted by Gasteiger charge is -2.34. The molecular weight excluding hydrogens is 937 g/mol. The van der Waals surface area contributed by atoms with Crippen molar-refractivity contribution in [3.63, 3.8) is 0 Å². The second kappa shape index (κ2) is 32.9. The minimum atomic E-state index is -1.24. The third-order valence-corrected chi connectivity index (χ3v) is 11.9. The van der Waals surface area contributed by atoms with E-state index in [4.69, 9.17) is 16.2 Å². The maximum atomic E-state index is 14.1. The van der Waals surface area contributed by atoms with E-state index >= 15 is 0 Å². The molecule has 0 aliphatic carbocycles. The number of benzene rings is 2. The third kappa shape index (κ3) is 22.9. The van der Waals surface area contributed by atoms with Gasteiger partial charge in [-0.2, -0.15) is 0 Å². The summed E-state index contributed by atoms with van der Waals surface area (Å²) < 4.78 is 6.37. The molecular formula is C49H76N10O13. The first-order valence-corrected chi connectivity index (χ1v) is 24.4. The van der Waals surface area contributed by atoms with Gasteiger partial charge in [-0.25, -0.2) is 4.79 Å². The van der Waals surface area contributed by atoms with Gasteiger partial charge in [0.1, 0.15) is 30.5 Å². The molecule has 2 rings (SSSR count). The molecule has 0 heterocycles. The summed E-state index contributed by atoms with van der Waals surface area (Å²) in [6.45, 7) is 8.40. The summed E-state index contributed by atoms with van der Waals surface area (Å²) in [5.41, 5.74) is 12.4. The predicted molar refractivity (Wildman–Crippen MR) is 269 cm³/mol. The Kier molecular flexibility index (Phi) is 28.0. The summed E-state index contributed by atoms with van der Waals surface area (Å²) in [6.07, 6.45) is 3.06. The highest BCUT2D eigenvalue weighted by Crippen LogP contribution is 2.27. The van der Waals surface area contributed by atoms with Gasteiger partial charge in [0.05, 0.1) is 37.8 Å². The molecule has 0 bridgehead atoms. The van der Waals surface area contributed by atoms with Crippen molar-refractivity contribution in [2.45, 2.75) is 104 Å². The zero-order valence-electron chi connectivity index (χ0n) is 42.1. The van der Waals surface area contributed by atoms with Crippen LogP contribution in [0.25, 0.3) is 11.1 Å². The number of nitrogens with one attached hydrogen (secondary N) is 4. The molecule has 0 spiro atoms. The highest BCUT2D eigenvalue weighted by Gasteiger charge is 2.32. The van der Waals surface area contributed by atoms with Gasteiger partial charge in [-0.1, -0.05) is 96.7 Å². The Morgan fingerprint density at radius 1 is 0.708 bits per heavy atom. The Bertz CT molecular complexity index is 2090. The molecule has 5 atom stereocenters. The average Bonchev–Trinajstić information content (AvgIpc) is 3.33. The maximum Gasteiger partial charge on any atom is 0.326 e. The van der Waals surface area contributed by atoms with E-state index in [1.807, 2.05) is 56.0 Å². The highest BCUT2D eigenvalue weighted by molar-refractivity contribution is 6.00. The van der Waals surface area contributed by atoms with Crippen LogP contribution >= 0.6 is 0 Å². The predicted octanol–water partition coefficient (Wildman–Crippen LogP) is 1.25. The number of aliphatic imine (C=N–C) groups is 1. The number of nitrogens with two attached hydrogens (primary N) is 2. The van der Waals surface area contributed by atoms with Gasteiger partial charge in [0.15, 0.2) is 5.96 Å². The summed E-state index contributed by atoms with van der Waals surface area (Å²) in [7, 11) is 0. The number of likely N-dealkylation sites (N-methyl/N-ethyl adjacent to an activating group) is 1. The van der Waals surface area contributed by atoms with Crippen LogP contribution in [0.5, 0.6) is 5.75 Å². The largest absolute Gasteiger partial charge is 0.491 e. The van der Waals surface area contributed by atoms with Gasteiger partial charge in [0.2, 0.25) is 17.7 Å². The van der Waals surface area contributed by atoms with Gasteiger partial charge in [0, 0.05) is 26.2 Å². The number of carbonyl (C=O) groups excluding carboxylic acids is 4. The third-order valence-electron chi connectivity index (χ3n) is 11.9. The molecule has 0 saturated carbocycles. The number of carboxylic acids is 4. The molecule has 0 radical (unpaired) electrons. The van der Waals surface area contributed by atoms with Crippen molar-refractivity contribution in [2.24, 2.45) is 22.4 Å². The summed E-state index contributed by atoms with van der Waals surface area (Å²) in [4.78, 5) is 111. The number of unbranched alkanes of at least 4 members (excludes halogenated alkanes) is 2. The number of hydrogen-bond acceptors (Lipinski definition) is 13. The first-order chi connectivity index (χ1) is 34.2. The smallest absolute Gasteiger partial charge is 0.326 e. The van der Waals surface area contributed by atoms with Crippen LogP contribution < -0.4 is 37.5 Å². The SMILES string of the molecule is CCCCCC(NC(=O)C(CCCN=C(N)N)NC(=O)C(NC(=O)CNC(=O)c1cc(-c2ccccc2)ccc1OC[C@@H](CN(CCN(CC(=O)O)CC(=O)O)CC(=O)O)N(CC)CC)C(C)CC)C(=O)O. The normalized spacial score (nSPS) is 13.3. The molecule has 400 valence electrons. The minimum absolute atomic E-state index is 0.0225. The van der Waals surface area contributed by atoms with Gasteiger partial charge in [-0.15, -0.1) is 0 Å². The van der Waals surface area contributed by atoms with Crippen molar-refractivity contribution in [3.05, 3.63) is 54.1 Å². The molecule has 23 nitrogen and oxygen atoms in total. The van der Waals surface area contributed by atoms with Gasteiger partial charge >= 0.3 is 23.9 Å². The first-order valence-electron chi connectivity index (χ1n) is 24.4. The van der Waals surface area contributed by atoms with Gasteiger partial charge in [-0.05, 0) is 61.5 Å². The molecule has 4 unspecified atom stereocenters. The van der Waals surface area contributed by atoms with Crippen LogP contribution in [0.4, 0.5) is 0 Å². The summed E-state index contributed by atoms with van der Waals surface area (Å²) >= 11 is 0. The summed E-state index contributed by atoms with van der Waals surface area (Å²) in [5.74, 6) is -8.20. The molecule has 12 N–H and O–H groups in total. The number of hydrogen-bond donors (Lipinski definition) is 10. The van der Waals surface area contributed by atoms with Gasteiger partial charge < -0.3 is 57.9 Å². The molecule has 0 aliphatic rings. The molecule has 0 aliphatic heterocycles. The van der Waals surface area contributed by atoms with Crippen molar-refractivity contribution < 1.29 is 63.5 Å². The van der Waals surface area contributed by atoms with Crippen molar-refractivity contribution in [3.8, 4) is 16.9 Å². The van der Waals surface area contributed by atoms with E-state index in [1.165, 1.54) is 4.90 Å². The molecule has 72 heavy (non-hydrogen) atoms. The van der Waals surface area contributed by atoms with E-state index in [0.717, 1.165) is 18.4 Å². The Labute approximate surface area is 421 Å². The van der Waals surface area contributed by atoms with Gasteiger partial charge in [0.25, 0.3) is 5.91 Å². The van der Waals surface area contributed by atoms with Crippen LogP contribution in [0.3, 0.4) is 0 Å². The zero-order valence-corrected chi connectivity index (χ0v) is 42.1. The lowest BCUT2D eigenvalue weighted by atomic mass is 9.97. The fourth-order valence-corrected chi connectivity index (χ4v) is 7.79. The topological polar surface area (TPSA) is 349 Å². The summed E-state index contributed by atoms with van der Waals surface area (Å²) in [5, 5.41) is 48.8. The van der Waals surface area contributed by atoms with E-state index in [9.17, 15) is 58.8 Å². The Balaban J connectivity index is 2.40. The van der Waals surface area contributed by atoms with Gasteiger partial charge in [-0.3, -0.25) is 53.3 Å². The Hall–Kier alpha value is -6.85. The van der Waals surface area contributed by atoms with Crippen molar-refractivity contribution in [2.75, 3.05) is 72.1 Å². The quantitative estimate of drug-likeness (QED) is 0.0259. The average molecular weight is 1010 g/mol. The Morgan fingerprint density at radius 2 is 1.31 bits per heavy atom. The lowest BCUT2D eigenvalue weighted by Crippen LogP contribution is -2.57. The van der Waals surface area contributed by atoms with Crippen molar-refractivity contribution >= 4 is 53.5 Å². The number of carboxylic acid groups (broad SMARTS) is 4. The number of rotatable bonds is 37. The van der Waals surface area contributed by atoms with Crippen LogP contribution in [-0.4, -0.2) is 185 Å². The number of nitrogens with zero attached hydrogens (tertiary/aromatic N) is 4. The fraction of sp³-hybridized carbons (Fsp3) is 0.571. The molecule has 0 saturated heterocycles. The number of ether oxygens (including phenoxy) is 1. The lowest BCUT2D eigenvalue weighted by molar-refractivity contribution is -0.143. The number of carbonyl (C=O) groups is 8. The molecule has 0 fully saturated rings. The minimum Gasteiger partial charge on any atom is -0.491 e. The number of aliphatic carboxylic acids is 4. The van der Waals surface area contributed by atoms with Crippen LogP contribution in [0.2, 0.25) is 0 Å². The molecule has 2 aromatic rings. The molecule has 2 aromatic carbocycles. The van der Waals surface area contributed by atoms with E-state index in [0.29, 0.717) is 31.5 Å². The van der Waals surface area contributed by atoms with Crippen LogP contribution in [0.1, 0.15) is 89.9 Å². The highest BCUT2D eigenvalue weighted by atomic mass is 16.5. The van der Waals surface area contributed by atoms with Crippen LogP contribution in [0, 0.1) is 5.92 Å². The number of guanidine groups is 1. The van der Waals surface area contributed by atoms with E-state index < -0.39 is 104 Å². The van der Waals surface area contributed by atoms with E-state index in [2.05, 4.69) is 26.3 Å². The van der Waals surface area contributed by atoms with Crippen molar-refractivity contribution in [1.29, 1.82) is 0 Å². The standard InChI is InChI=1S/C49H76N10O13/c1-6-10-12-18-38(48(70)71)55-46(68)37(19-15-22-52-49(50)51)54-47(69)44(32(5)7-2)56-40(60)26-53-45(67)36-25-34(33-16-13-11-14-17-33)20-21-39(36)72-31-35(59(8-3)9-4)27-57(28-41(61)62)23-24-58(29-42(63)64)30-43(65)66/h11,13-14,16-17,20-21,25,32,35,37-38,44H,6-10,12,15,18-19,22-24,26-31H2,1-5H3,(H,53,67)(H,54,69)(H,55,68)(H,56,60)(H,61,62)(H,63,64)(H,65,66)(H,70,71)(H4,50,51,52)/t32?,35-,37?,38?,44?/m1/s1. The van der Waals surface area contributed by atoms with Crippen LogP contribution in [-0.2, 0) is 33.6 Å². The monoisotopic (exact) mass is 1010 g/mol. The van der Waals surface area contributed by atoms with E-state index in [-0.39, 0.29) is 69.3 Å². The summed E-state index contributed by atoms with van der Waals surface area (Å²) in [6, 6.07) is 10.1. The fourth-order valence-electron chi connectivity index (χ4n) is 7.79. The van der Waals surface area contributed by atoms with Crippen molar-refractivity contribution in [1.82, 2.24) is 36.0 Å². The maximum absolute atomic E-state index is 14.1. The molecule has 4 amide bonds. The first kappa shape index (κ1) is 61.3. The number of amides is 4. The second-order valence-corrected chi connectivity index (χ2v) is 17.4. The zero-order chi connectivity index (χ0) is 53.8. The Morgan fingerprint density at radius 3 is 1.88 bits per heavy atom. The molecule has 23 heteroatoms. The second-order valence-electron chi connectivity index (χ2n) is 17.4.